The van der Waals surface area contributed by atoms with Gasteiger partial charge in [0.25, 0.3) is 5.91 Å². The molecule has 0 atom stereocenters. The molecule has 0 radical (unpaired) electrons. The van der Waals surface area contributed by atoms with Crippen LogP contribution in [0.4, 0.5) is 9.80 Å². The average molecular weight is 546 g/mol. The molecule has 0 aliphatic carbocycles. The fourth-order valence-corrected chi connectivity index (χ4v) is 6.94. The van der Waals surface area contributed by atoms with Gasteiger partial charge in [-0.2, -0.15) is 9.57 Å². The first kappa shape index (κ1) is 26.6. The fraction of sp³-hybridized carbons (Fsp3) is 0.417. The van der Waals surface area contributed by atoms with Crippen molar-refractivity contribution in [1.29, 1.82) is 5.26 Å². The molecule has 37 heavy (non-hydrogen) atoms. The van der Waals surface area contributed by atoms with Gasteiger partial charge in [0.05, 0.1) is 23.6 Å². The summed E-state index contributed by atoms with van der Waals surface area (Å²) in [5.74, 6) is -0.510. The van der Waals surface area contributed by atoms with E-state index in [0.29, 0.717) is 30.1 Å². The Kier molecular flexibility index (Phi) is 7.82. The zero-order chi connectivity index (χ0) is 26.7. The van der Waals surface area contributed by atoms with Gasteiger partial charge in [0.2, 0.25) is 15.9 Å². The van der Waals surface area contributed by atoms with Crippen LogP contribution in [0.3, 0.4) is 0 Å². The fourth-order valence-electron chi connectivity index (χ4n) is 4.31. The lowest BCUT2D eigenvalue weighted by atomic mass is 10.0. The van der Waals surface area contributed by atoms with Gasteiger partial charge in [0.15, 0.2) is 0 Å². The molecule has 0 saturated carbocycles. The molecule has 2 aliphatic heterocycles. The number of hydrogen-bond acceptors (Lipinski definition) is 8. The van der Waals surface area contributed by atoms with Crippen LogP contribution in [0.1, 0.15) is 40.2 Å². The number of nitrogens with one attached hydrogen (secondary N) is 1. The maximum Gasteiger partial charge on any atom is 0.409 e. The molecule has 1 saturated heterocycles. The van der Waals surface area contributed by atoms with Crippen LogP contribution in [0.15, 0.2) is 29.2 Å². The van der Waals surface area contributed by atoms with Gasteiger partial charge in [-0.3, -0.25) is 9.59 Å². The number of fused-ring (bicyclic) bond motifs is 1. The summed E-state index contributed by atoms with van der Waals surface area (Å²) in [6, 6.07) is 7.76. The molecular formula is C24H27N5O6S2. The smallest absolute Gasteiger partial charge is 0.409 e. The number of piperazine rings is 1. The van der Waals surface area contributed by atoms with Crippen molar-refractivity contribution in [3.05, 3.63) is 45.8 Å². The standard InChI is InChI=1S/C24H27N5O6S2/c1-3-35-24(32)27-10-12-29(13-11-27)37(33,34)18-6-4-17(5-7-18)22(31)26-23-20(14-25)19-8-9-28(16(2)30)15-21(19)36-23/h4-7H,3,8-13,15H2,1-2H3,(H,26,31). The number of nitriles is 1. The number of carbonyl (C=O) groups excluding carboxylic acids is 3. The number of rotatable bonds is 5. The average Bonchev–Trinajstić information content (AvgIpc) is 3.24. The van der Waals surface area contributed by atoms with Crippen molar-refractivity contribution in [3.63, 3.8) is 0 Å². The number of amides is 3. The molecule has 4 rings (SSSR count). The molecule has 2 aromatic rings. The van der Waals surface area contributed by atoms with Gasteiger partial charge in [-0.15, -0.1) is 11.3 Å². The van der Waals surface area contributed by atoms with E-state index >= 15 is 0 Å². The summed E-state index contributed by atoms with van der Waals surface area (Å²) < 4.78 is 32.4. The molecule has 13 heteroatoms. The van der Waals surface area contributed by atoms with Gasteiger partial charge < -0.3 is 19.9 Å². The van der Waals surface area contributed by atoms with Gasteiger partial charge >= 0.3 is 6.09 Å². The number of carbonyl (C=O) groups is 3. The van der Waals surface area contributed by atoms with E-state index in [1.165, 1.54) is 51.7 Å². The summed E-state index contributed by atoms with van der Waals surface area (Å²) in [6.07, 6.45) is 0.0855. The van der Waals surface area contributed by atoms with Crippen LogP contribution in [0.25, 0.3) is 0 Å². The van der Waals surface area contributed by atoms with Gasteiger partial charge in [0.1, 0.15) is 11.1 Å². The normalized spacial score (nSPS) is 16.0. The largest absolute Gasteiger partial charge is 0.450 e. The SMILES string of the molecule is CCOC(=O)N1CCN(S(=O)(=O)c2ccc(C(=O)Nc3sc4c(c3C#N)CCN(C(C)=O)C4)cc2)CC1. The highest BCUT2D eigenvalue weighted by molar-refractivity contribution is 7.89. The van der Waals surface area contributed by atoms with E-state index in [0.717, 1.165) is 10.4 Å². The Bertz CT molecular complexity index is 1360. The molecule has 0 bridgehead atoms. The highest BCUT2D eigenvalue weighted by Crippen LogP contribution is 2.37. The molecule has 196 valence electrons. The van der Waals surface area contributed by atoms with E-state index in [9.17, 15) is 28.1 Å². The van der Waals surface area contributed by atoms with Crippen LogP contribution in [0.5, 0.6) is 0 Å². The molecule has 0 spiro atoms. The van der Waals surface area contributed by atoms with Crippen LogP contribution >= 0.6 is 11.3 Å². The topological polar surface area (TPSA) is 140 Å². The lowest BCUT2D eigenvalue weighted by molar-refractivity contribution is -0.129. The minimum atomic E-state index is -3.80. The molecule has 1 N–H and O–H groups in total. The molecule has 1 aromatic carbocycles. The third-order valence-electron chi connectivity index (χ3n) is 6.36. The van der Waals surface area contributed by atoms with E-state index in [-0.39, 0.29) is 49.2 Å². The predicted molar refractivity (Wildman–Crippen MR) is 136 cm³/mol. The quantitative estimate of drug-likeness (QED) is 0.608. The number of thiophene rings is 1. The van der Waals surface area contributed by atoms with Crippen LogP contribution in [0.2, 0.25) is 0 Å². The minimum Gasteiger partial charge on any atom is -0.450 e. The molecule has 11 nitrogen and oxygen atoms in total. The zero-order valence-corrected chi connectivity index (χ0v) is 22.2. The zero-order valence-electron chi connectivity index (χ0n) is 20.5. The Hall–Kier alpha value is -3.47. The molecule has 1 aromatic heterocycles. The van der Waals surface area contributed by atoms with Gasteiger partial charge in [-0.25, -0.2) is 13.2 Å². The minimum absolute atomic E-state index is 0.0425. The van der Waals surface area contributed by atoms with Crippen LogP contribution in [-0.2, 0) is 32.5 Å². The number of benzene rings is 1. The maximum atomic E-state index is 13.1. The molecular weight excluding hydrogens is 518 g/mol. The van der Waals surface area contributed by atoms with Gasteiger partial charge in [0, 0.05) is 50.1 Å². The van der Waals surface area contributed by atoms with E-state index < -0.39 is 22.0 Å². The van der Waals surface area contributed by atoms with Gasteiger partial charge in [-0.05, 0) is 43.2 Å². The Balaban J connectivity index is 1.44. The van der Waals surface area contributed by atoms with Crippen molar-refractivity contribution >= 4 is 44.3 Å². The first-order chi connectivity index (χ1) is 17.6. The Morgan fingerprint density at radius 1 is 1.08 bits per heavy atom. The highest BCUT2D eigenvalue weighted by atomic mass is 32.2. The van der Waals surface area contributed by atoms with E-state index in [1.54, 1.807) is 11.8 Å². The second kappa shape index (κ2) is 10.9. The Morgan fingerprint density at radius 3 is 2.35 bits per heavy atom. The number of hydrogen-bond donors (Lipinski definition) is 1. The van der Waals surface area contributed by atoms with E-state index in [1.807, 2.05) is 0 Å². The van der Waals surface area contributed by atoms with E-state index in [2.05, 4.69) is 11.4 Å². The third-order valence-corrected chi connectivity index (χ3v) is 9.41. The van der Waals surface area contributed by atoms with Crippen molar-refractivity contribution in [3.8, 4) is 6.07 Å². The lowest BCUT2D eigenvalue weighted by Crippen LogP contribution is -2.50. The van der Waals surface area contributed by atoms with Crippen molar-refractivity contribution in [1.82, 2.24) is 14.1 Å². The Morgan fingerprint density at radius 2 is 1.76 bits per heavy atom. The molecule has 3 amide bonds. The second-order valence-corrected chi connectivity index (χ2v) is 11.6. The van der Waals surface area contributed by atoms with Crippen molar-refractivity contribution in [2.45, 2.75) is 31.7 Å². The summed E-state index contributed by atoms with van der Waals surface area (Å²) in [7, 11) is -3.80. The first-order valence-electron chi connectivity index (χ1n) is 11.8. The van der Waals surface area contributed by atoms with Crippen molar-refractivity contribution in [2.24, 2.45) is 0 Å². The van der Waals surface area contributed by atoms with Gasteiger partial charge in [-0.1, -0.05) is 0 Å². The number of nitrogens with zero attached hydrogens (tertiary/aromatic N) is 4. The summed E-state index contributed by atoms with van der Waals surface area (Å²) in [4.78, 5) is 40.6. The molecule has 3 heterocycles. The third kappa shape index (κ3) is 5.46. The summed E-state index contributed by atoms with van der Waals surface area (Å²) in [5.41, 5.74) is 1.49. The van der Waals surface area contributed by atoms with Crippen molar-refractivity contribution < 1.29 is 27.5 Å². The number of sulfonamides is 1. The van der Waals surface area contributed by atoms with E-state index in [4.69, 9.17) is 4.74 Å². The number of ether oxygens (including phenoxy) is 1. The molecule has 2 aliphatic rings. The van der Waals surface area contributed by atoms with Crippen molar-refractivity contribution in [2.75, 3.05) is 44.6 Å². The second-order valence-electron chi connectivity index (χ2n) is 8.58. The summed E-state index contributed by atoms with van der Waals surface area (Å²) in [6.45, 7) is 5.14. The first-order valence-corrected chi connectivity index (χ1v) is 14.0. The molecule has 1 fully saturated rings. The monoisotopic (exact) mass is 545 g/mol. The highest BCUT2D eigenvalue weighted by Gasteiger charge is 2.31. The van der Waals surface area contributed by atoms with Crippen LogP contribution < -0.4 is 5.32 Å². The molecule has 0 unspecified atom stereocenters. The number of anilines is 1. The maximum absolute atomic E-state index is 13.1. The summed E-state index contributed by atoms with van der Waals surface area (Å²) in [5, 5.41) is 12.9. The Labute approximate surface area is 219 Å². The predicted octanol–water partition coefficient (Wildman–Crippen LogP) is 2.24. The van der Waals surface area contributed by atoms with Crippen LogP contribution in [-0.4, -0.2) is 79.8 Å². The lowest BCUT2D eigenvalue weighted by Gasteiger charge is -2.33. The summed E-state index contributed by atoms with van der Waals surface area (Å²) >= 11 is 1.27. The van der Waals surface area contributed by atoms with Crippen LogP contribution in [0, 0.1) is 11.3 Å².